The van der Waals surface area contributed by atoms with E-state index in [-0.39, 0.29) is 12.1 Å². The van der Waals surface area contributed by atoms with Gasteiger partial charge in [-0.15, -0.1) is 0 Å². The van der Waals surface area contributed by atoms with Crippen LogP contribution in [0.15, 0.2) is 54.6 Å². The molecule has 0 N–H and O–H groups in total. The van der Waals surface area contributed by atoms with Gasteiger partial charge in [0, 0.05) is 70.1 Å². The van der Waals surface area contributed by atoms with Gasteiger partial charge < -0.3 is 19.6 Å². The summed E-state index contributed by atoms with van der Waals surface area (Å²) in [5.74, 6) is 0.974. The molecule has 0 aliphatic carbocycles. The number of piperazine rings is 1. The molecule has 5 rings (SSSR count). The van der Waals surface area contributed by atoms with Crippen molar-refractivity contribution in [3.63, 3.8) is 0 Å². The van der Waals surface area contributed by atoms with Crippen molar-refractivity contribution >= 4 is 23.4 Å². The second-order valence-corrected chi connectivity index (χ2v) is 9.53. The van der Waals surface area contributed by atoms with Crippen molar-refractivity contribution in [2.24, 2.45) is 0 Å². The summed E-state index contributed by atoms with van der Waals surface area (Å²) >= 11 is 0. The Labute approximate surface area is 214 Å². The molecule has 1 amide bonds. The standard InChI is InChI=1S/C27H29F3N6O/c1-33(2)24-22-18-36(25(37)19-7-6-8-20(17-19)27(28,29)30)12-11-23(22)31-26(32-24)35-15-13-34(14-16-35)21-9-4-3-5-10-21/h3-10,17H,11-16,18H2,1-2H3. The number of carbonyl (C=O) groups excluding carboxylic acids is 1. The third-order valence-electron chi connectivity index (χ3n) is 6.86. The topological polar surface area (TPSA) is 55.8 Å². The SMILES string of the molecule is CN(C)c1nc(N2CCN(c3ccccc3)CC2)nc2c1CN(C(=O)c1cccc(C(F)(F)F)c1)CC2. The number of aromatic nitrogens is 2. The third kappa shape index (κ3) is 5.19. The Morgan fingerprint density at radius 1 is 0.892 bits per heavy atom. The second kappa shape index (κ2) is 9.91. The predicted octanol–water partition coefficient (Wildman–Crippen LogP) is 4.09. The number of carbonyl (C=O) groups is 1. The summed E-state index contributed by atoms with van der Waals surface area (Å²) in [5.41, 5.74) is 2.12. The van der Waals surface area contributed by atoms with Gasteiger partial charge in [-0.3, -0.25) is 4.79 Å². The van der Waals surface area contributed by atoms with Crippen molar-refractivity contribution in [3.8, 4) is 0 Å². The summed E-state index contributed by atoms with van der Waals surface area (Å²) in [7, 11) is 3.79. The van der Waals surface area contributed by atoms with Crippen LogP contribution in [0.5, 0.6) is 0 Å². The first-order valence-corrected chi connectivity index (χ1v) is 12.3. The molecule has 3 heterocycles. The van der Waals surface area contributed by atoms with E-state index in [1.54, 1.807) is 4.90 Å². The highest BCUT2D eigenvalue weighted by Gasteiger charge is 2.33. The Morgan fingerprint density at radius 2 is 1.59 bits per heavy atom. The molecule has 1 aromatic heterocycles. The van der Waals surface area contributed by atoms with Gasteiger partial charge in [0.15, 0.2) is 0 Å². The molecule has 1 fully saturated rings. The zero-order valence-electron chi connectivity index (χ0n) is 20.9. The predicted molar refractivity (Wildman–Crippen MR) is 137 cm³/mol. The van der Waals surface area contributed by atoms with Gasteiger partial charge in [-0.1, -0.05) is 24.3 Å². The Balaban J connectivity index is 1.34. The minimum absolute atomic E-state index is 0.0264. The molecule has 7 nitrogen and oxygen atoms in total. The highest BCUT2D eigenvalue weighted by atomic mass is 19.4. The summed E-state index contributed by atoms with van der Waals surface area (Å²) in [6.07, 6.45) is -3.99. The molecule has 10 heteroatoms. The fourth-order valence-electron chi connectivity index (χ4n) is 4.88. The lowest BCUT2D eigenvalue weighted by Gasteiger charge is -2.37. The third-order valence-corrected chi connectivity index (χ3v) is 6.86. The molecular formula is C27H29F3N6O. The van der Waals surface area contributed by atoms with Crippen LogP contribution in [0.25, 0.3) is 0 Å². The number of rotatable bonds is 4. The summed E-state index contributed by atoms with van der Waals surface area (Å²) in [4.78, 5) is 30.9. The molecule has 0 radical (unpaired) electrons. The summed E-state index contributed by atoms with van der Waals surface area (Å²) in [5, 5.41) is 0. The average molecular weight is 511 g/mol. The number of nitrogens with zero attached hydrogens (tertiary/aromatic N) is 6. The molecular weight excluding hydrogens is 481 g/mol. The normalized spacial score (nSPS) is 16.0. The van der Waals surface area contributed by atoms with E-state index in [0.717, 1.165) is 55.4 Å². The van der Waals surface area contributed by atoms with Crippen LogP contribution in [-0.2, 0) is 19.1 Å². The van der Waals surface area contributed by atoms with E-state index in [4.69, 9.17) is 9.97 Å². The first-order valence-electron chi connectivity index (χ1n) is 12.3. The fourth-order valence-corrected chi connectivity index (χ4v) is 4.88. The van der Waals surface area contributed by atoms with Crippen LogP contribution in [0.1, 0.15) is 27.2 Å². The molecule has 0 spiro atoms. The number of fused-ring (bicyclic) bond motifs is 1. The molecule has 0 saturated carbocycles. The number of hydrogen-bond donors (Lipinski definition) is 0. The van der Waals surface area contributed by atoms with Crippen LogP contribution >= 0.6 is 0 Å². The molecule has 37 heavy (non-hydrogen) atoms. The Bertz CT molecular complexity index is 1270. The summed E-state index contributed by atoms with van der Waals surface area (Å²) in [6, 6.07) is 14.9. The minimum Gasteiger partial charge on any atom is -0.368 e. The van der Waals surface area contributed by atoms with Crippen LogP contribution in [0.2, 0.25) is 0 Å². The number of anilines is 3. The molecule has 1 saturated heterocycles. The van der Waals surface area contributed by atoms with Crippen molar-refractivity contribution in [2.45, 2.75) is 19.1 Å². The number of benzene rings is 2. The minimum atomic E-state index is -4.50. The lowest BCUT2D eigenvalue weighted by atomic mass is 10.0. The van der Waals surface area contributed by atoms with E-state index >= 15 is 0 Å². The van der Waals surface area contributed by atoms with Crippen molar-refractivity contribution < 1.29 is 18.0 Å². The van der Waals surface area contributed by atoms with E-state index in [9.17, 15) is 18.0 Å². The molecule has 2 aliphatic heterocycles. The van der Waals surface area contributed by atoms with Crippen molar-refractivity contribution in [3.05, 3.63) is 77.0 Å². The van der Waals surface area contributed by atoms with Crippen molar-refractivity contribution in [2.75, 3.05) is 61.5 Å². The first-order chi connectivity index (χ1) is 17.7. The quantitative estimate of drug-likeness (QED) is 0.527. The highest BCUT2D eigenvalue weighted by molar-refractivity contribution is 5.94. The van der Waals surface area contributed by atoms with Gasteiger partial charge in [-0.2, -0.15) is 18.2 Å². The molecule has 2 aromatic carbocycles. The Morgan fingerprint density at radius 3 is 2.27 bits per heavy atom. The van der Waals surface area contributed by atoms with E-state index in [1.165, 1.54) is 17.8 Å². The Hall–Kier alpha value is -3.82. The van der Waals surface area contributed by atoms with Crippen molar-refractivity contribution in [1.82, 2.24) is 14.9 Å². The smallest absolute Gasteiger partial charge is 0.368 e. The number of hydrogen-bond acceptors (Lipinski definition) is 6. The van der Waals surface area contributed by atoms with Gasteiger partial charge in [0.25, 0.3) is 5.91 Å². The maximum atomic E-state index is 13.2. The first kappa shape index (κ1) is 24.9. The number of halogens is 3. The van der Waals surface area contributed by atoms with E-state index in [2.05, 4.69) is 21.9 Å². The molecule has 3 aromatic rings. The van der Waals surface area contributed by atoms with E-state index < -0.39 is 17.6 Å². The molecule has 0 atom stereocenters. The number of alkyl halides is 3. The average Bonchev–Trinajstić information content (AvgIpc) is 2.92. The van der Waals surface area contributed by atoms with Crippen molar-refractivity contribution in [1.29, 1.82) is 0 Å². The van der Waals surface area contributed by atoms with Crippen LogP contribution in [0.4, 0.5) is 30.6 Å². The van der Waals surface area contributed by atoms with Crippen LogP contribution in [0, 0.1) is 0 Å². The van der Waals surface area contributed by atoms with Crippen LogP contribution in [0.3, 0.4) is 0 Å². The monoisotopic (exact) mass is 510 g/mol. The molecule has 0 unspecified atom stereocenters. The molecule has 194 valence electrons. The number of amides is 1. The lowest BCUT2D eigenvalue weighted by molar-refractivity contribution is -0.137. The maximum absolute atomic E-state index is 13.2. The van der Waals surface area contributed by atoms with Gasteiger partial charge in [0.05, 0.1) is 17.8 Å². The Kier molecular flexibility index (Phi) is 6.66. The van der Waals surface area contributed by atoms with Gasteiger partial charge >= 0.3 is 6.18 Å². The van der Waals surface area contributed by atoms with Gasteiger partial charge in [-0.25, -0.2) is 4.98 Å². The van der Waals surface area contributed by atoms with E-state index in [0.29, 0.717) is 18.9 Å². The summed E-state index contributed by atoms with van der Waals surface area (Å²) in [6.45, 7) is 3.94. The van der Waals surface area contributed by atoms with E-state index in [1.807, 2.05) is 37.2 Å². The number of para-hydroxylation sites is 1. The zero-order chi connectivity index (χ0) is 26.2. The zero-order valence-corrected chi connectivity index (χ0v) is 20.9. The summed E-state index contributed by atoms with van der Waals surface area (Å²) < 4.78 is 39.5. The second-order valence-electron chi connectivity index (χ2n) is 9.53. The largest absolute Gasteiger partial charge is 0.416 e. The van der Waals surface area contributed by atoms with Crippen LogP contribution < -0.4 is 14.7 Å². The van der Waals surface area contributed by atoms with Crippen LogP contribution in [-0.4, -0.2) is 67.6 Å². The van der Waals surface area contributed by atoms with Gasteiger partial charge in [-0.05, 0) is 30.3 Å². The van der Waals surface area contributed by atoms with Gasteiger partial charge in [0.2, 0.25) is 5.95 Å². The molecule has 2 aliphatic rings. The lowest BCUT2D eigenvalue weighted by Crippen LogP contribution is -2.47. The highest BCUT2D eigenvalue weighted by Crippen LogP contribution is 2.32. The fraction of sp³-hybridized carbons (Fsp3) is 0.370. The molecule has 0 bridgehead atoms. The maximum Gasteiger partial charge on any atom is 0.416 e. The van der Waals surface area contributed by atoms with Gasteiger partial charge in [0.1, 0.15) is 5.82 Å².